The summed E-state index contributed by atoms with van der Waals surface area (Å²) in [5.41, 5.74) is -0.466. The zero-order valence-electron chi connectivity index (χ0n) is 10.7. The molecule has 0 bridgehead atoms. The number of hydrogen-bond donors (Lipinski definition) is 1. The normalized spacial score (nSPS) is 11.2. The van der Waals surface area contributed by atoms with Gasteiger partial charge in [-0.05, 0) is 32.0 Å². The SMILES string of the molecule is COC(=O)C(C)(C)COc1ccc(F)cc1CO. The van der Waals surface area contributed by atoms with E-state index in [1.165, 1.54) is 25.3 Å². The molecule has 0 fully saturated rings. The Labute approximate surface area is 105 Å². The van der Waals surface area contributed by atoms with Crippen molar-refractivity contribution in [2.24, 2.45) is 5.41 Å². The molecule has 1 rings (SSSR count). The smallest absolute Gasteiger partial charge is 0.314 e. The van der Waals surface area contributed by atoms with Gasteiger partial charge < -0.3 is 14.6 Å². The van der Waals surface area contributed by atoms with Crippen LogP contribution in [0, 0.1) is 11.2 Å². The summed E-state index contributed by atoms with van der Waals surface area (Å²) in [6.07, 6.45) is 0. The van der Waals surface area contributed by atoms with Crippen molar-refractivity contribution < 1.29 is 23.8 Å². The second-order valence-electron chi connectivity index (χ2n) is 4.57. The van der Waals surface area contributed by atoms with Crippen LogP contribution in [-0.4, -0.2) is 24.8 Å². The number of halogens is 1. The van der Waals surface area contributed by atoms with E-state index in [1.54, 1.807) is 13.8 Å². The molecule has 1 aromatic rings. The van der Waals surface area contributed by atoms with E-state index in [-0.39, 0.29) is 13.2 Å². The van der Waals surface area contributed by atoms with Gasteiger partial charge in [-0.1, -0.05) is 0 Å². The zero-order chi connectivity index (χ0) is 13.8. The Kier molecular flexibility index (Phi) is 4.67. The third kappa shape index (κ3) is 3.43. The van der Waals surface area contributed by atoms with Gasteiger partial charge >= 0.3 is 5.97 Å². The van der Waals surface area contributed by atoms with Gasteiger partial charge in [-0.15, -0.1) is 0 Å². The number of aliphatic hydroxyl groups excluding tert-OH is 1. The Morgan fingerprint density at radius 2 is 2.11 bits per heavy atom. The van der Waals surface area contributed by atoms with Gasteiger partial charge in [-0.3, -0.25) is 4.79 Å². The summed E-state index contributed by atoms with van der Waals surface area (Å²) in [5, 5.41) is 9.09. The maximum absolute atomic E-state index is 13.0. The molecule has 18 heavy (non-hydrogen) atoms. The predicted octanol–water partition coefficient (Wildman–Crippen LogP) is 1.90. The van der Waals surface area contributed by atoms with Crippen molar-refractivity contribution >= 4 is 5.97 Å². The number of ether oxygens (including phenoxy) is 2. The van der Waals surface area contributed by atoms with Gasteiger partial charge in [-0.25, -0.2) is 4.39 Å². The molecule has 0 heterocycles. The van der Waals surface area contributed by atoms with Crippen LogP contribution in [0.3, 0.4) is 0 Å². The highest BCUT2D eigenvalue weighted by Crippen LogP contribution is 2.24. The minimum absolute atomic E-state index is 0.0817. The van der Waals surface area contributed by atoms with Gasteiger partial charge in [0.05, 0.1) is 19.1 Å². The van der Waals surface area contributed by atoms with Crippen molar-refractivity contribution in [1.82, 2.24) is 0 Å². The van der Waals surface area contributed by atoms with Crippen molar-refractivity contribution in [3.05, 3.63) is 29.6 Å². The lowest BCUT2D eigenvalue weighted by Gasteiger charge is -2.22. The quantitative estimate of drug-likeness (QED) is 0.817. The maximum atomic E-state index is 13.0. The Morgan fingerprint density at radius 3 is 2.67 bits per heavy atom. The van der Waals surface area contributed by atoms with Gasteiger partial charge in [0, 0.05) is 5.56 Å². The standard InChI is InChI=1S/C13H17FO4/c1-13(2,12(16)17-3)8-18-11-5-4-10(14)6-9(11)7-15/h4-6,15H,7-8H2,1-3H3. The van der Waals surface area contributed by atoms with Crippen molar-refractivity contribution in [1.29, 1.82) is 0 Å². The first-order valence-electron chi connectivity index (χ1n) is 5.51. The number of hydrogen-bond acceptors (Lipinski definition) is 4. The Morgan fingerprint density at radius 1 is 1.44 bits per heavy atom. The number of benzene rings is 1. The monoisotopic (exact) mass is 256 g/mol. The Bertz CT molecular complexity index is 429. The molecule has 5 heteroatoms. The van der Waals surface area contributed by atoms with Gasteiger partial charge in [0.1, 0.15) is 18.2 Å². The molecule has 0 aliphatic heterocycles. The summed E-state index contributed by atoms with van der Waals surface area (Å²) >= 11 is 0. The Hall–Kier alpha value is -1.62. The molecule has 0 aliphatic rings. The fourth-order valence-corrected chi connectivity index (χ4v) is 1.41. The molecule has 0 aromatic heterocycles. The average molecular weight is 256 g/mol. The second kappa shape index (κ2) is 5.82. The minimum Gasteiger partial charge on any atom is -0.492 e. The second-order valence-corrected chi connectivity index (χ2v) is 4.57. The van der Waals surface area contributed by atoms with Crippen LogP contribution < -0.4 is 4.74 Å². The number of esters is 1. The summed E-state index contributed by atoms with van der Waals surface area (Å²) in [4.78, 5) is 11.5. The van der Waals surface area contributed by atoms with E-state index in [0.29, 0.717) is 11.3 Å². The molecule has 1 N–H and O–H groups in total. The van der Waals surface area contributed by atoms with Crippen LogP contribution in [0.4, 0.5) is 4.39 Å². The first-order chi connectivity index (χ1) is 8.40. The molecule has 0 radical (unpaired) electrons. The first kappa shape index (κ1) is 14.4. The van der Waals surface area contributed by atoms with Crippen molar-refractivity contribution in [2.75, 3.05) is 13.7 Å². The van der Waals surface area contributed by atoms with Gasteiger partial charge in [0.15, 0.2) is 0 Å². The molecule has 0 saturated carbocycles. The topological polar surface area (TPSA) is 55.8 Å². The number of carbonyl (C=O) groups excluding carboxylic acids is 1. The Balaban J connectivity index is 2.77. The maximum Gasteiger partial charge on any atom is 0.314 e. The van der Waals surface area contributed by atoms with Gasteiger partial charge in [-0.2, -0.15) is 0 Å². The summed E-state index contributed by atoms with van der Waals surface area (Å²) in [5.74, 6) is -0.482. The molecule has 0 amide bonds. The fraction of sp³-hybridized carbons (Fsp3) is 0.462. The highest BCUT2D eigenvalue weighted by atomic mass is 19.1. The summed E-state index contributed by atoms with van der Waals surface area (Å²) in [7, 11) is 1.31. The molecule has 100 valence electrons. The van der Waals surface area contributed by atoms with Crippen molar-refractivity contribution in [3.63, 3.8) is 0 Å². The van der Waals surface area contributed by atoms with E-state index >= 15 is 0 Å². The van der Waals surface area contributed by atoms with Gasteiger partial charge in [0.25, 0.3) is 0 Å². The van der Waals surface area contributed by atoms with Crippen LogP contribution in [0.15, 0.2) is 18.2 Å². The highest BCUT2D eigenvalue weighted by Gasteiger charge is 2.30. The summed E-state index contributed by atoms with van der Waals surface area (Å²) in [6, 6.07) is 3.86. The van der Waals surface area contributed by atoms with Crippen LogP contribution in [0.5, 0.6) is 5.75 Å². The number of rotatable bonds is 5. The van der Waals surface area contributed by atoms with E-state index in [9.17, 15) is 9.18 Å². The number of aliphatic hydroxyl groups is 1. The largest absolute Gasteiger partial charge is 0.492 e. The number of carbonyl (C=O) groups is 1. The molecule has 4 nitrogen and oxygen atoms in total. The minimum atomic E-state index is -0.810. The lowest BCUT2D eigenvalue weighted by Crippen LogP contribution is -2.32. The predicted molar refractivity (Wildman–Crippen MR) is 63.6 cm³/mol. The van der Waals surface area contributed by atoms with E-state index in [2.05, 4.69) is 4.74 Å². The average Bonchev–Trinajstić information content (AvgIpc) is 2.36. The van der Waals surface area contributed by atoms with Crippen LogP contribution in [-0.2, 0) is 16.1 Å². The van der Waals surface area contributed by atoms with Crippen LogP contribution >= 0.6 is 0 Å². The van der Waals surface area contributed by atoms with E-state index in [1.807, 2.05) is 0 Å². The van der Waals surface area contributed by atoms with Crippen molar-refractivity contribution in [3.8, 4) is 5.75 Å². The van der Waals surface area contributed by atoms with E-state index in [0.717, 1.165) is 0 Å². The third-order valence-corrected chi connectivity index (χ3v) is 2.52. The third-order valence-electron chi connectivity index (χ3n) is 2.52. The fourth-order valence-electron chi connectivity index (χ4n) is 1.41. The van der Waals surface area contributed by atoms with E-state index < -0.39 is 17.2 Å². The lowest BCUT2D eigenvalue weighted by molar-refractivity contribution is -0.152. The highest BCUT2D eigenvalue weighted by molar-refractivity contribution is 5.75. The zero-order valence-corrected chi connectivity index (χ0v) is 10.7. The molecule has 0 saturated heterocycles. The molecule has 0 spiro atoms. The lowest BCUT2D eigenvalue weighted by atomic mass is 9.95. The van der Waals surface area contributed by atoms with Gasteiger partial charge in [0.2, 0.25) is 0 Å². The summed E-state index contributed by atoms with van der Waals surface area (Å²) < 4.78 is 23.0. The first-order valence-corrected chi connectivity index (χ1v) is 5.51. The molecule has 0 unspecified atom stereocenters. The van der Waals surface area contributed by atoms with Crippen LogP contribution in [0.25, 0.3) is 0 Å². The summed E-state index contributed by atoms with van der Waals surface area (Å²) in [6.45, 7) is 3.12. The van der Waals surface area contributed by atoms with Crippen LogP contribution in [0.1, 0.15) is 19.4 Å². The molecule has 0 atom stereocenters. The molecular formula is C13H17FO4. The molecule has 1 aromatic carbocycles. The van der Waals surface area contributed by atoms with Crippen molar-refractivity contribution in [2.45, 2.75) is 20.5 Å². The van der Waals surface area contributed by atoms with Crippen LogP contribution in [0.2, 0.25) is 0 Å². The molecular weight excluding hydrogens is 239 g/mol. The van der Waals surface area contributed by atoms with E-state index in [4.69, 9.17) is 9.84 Å². The molecule has 0 aliphatic carbocycles. The number of methoxy groups -OCH3 is 1.